The van der Waals surface area contributed by atoms with Gasteiger partial charge < -0.3 is 20.3 Å². The largest absolute Gasteiger partial charge is 0.378 e. The number of thiocarbonyl (C=S) groups is 1. The summed E-state index contributed by atoms with van der Waals surface area (Å²) in [5, 5.41) is 7.78. The molecule has 0 aliphatic carbocycles. The van der Waals surface area contributed by atoms with Crippen molar-refractivity contribution < 1.29 is 4.74 Å². The van der Waals surface area contributed by atoms with E-state index in [9.17, 15) is 0 Å². The Kier molecular flexibility index (Phi) is 6.13. The lowest BCUT2D eigenvalue weighted by atomic mass is 10.1. The highest BCUT2D eigenvalue weighted by Gasteiger charge is 2.12. The fourth-order valence-corrected chi connectivity index (χ4v) is 3.20. The predicted molar refractivity (Wildman–Crippen MR) is 109 cm³/mol. The number of rotatable bonds is 4. The standard InChI is InChI=1S/C19H22ClN3OS/c1-14(21-19(25)22-17-6-4-16(20)5-7-17)15-2-8-18(9-3-15)23-10-12-24-13-11-23/h2-9,14H,10-13H2,1H3,(H2,21,22,25)/t14-/m0/s1. The molecule has 1 fully saturated rings. The Morgan fingerprint density at radius 2 is 1.72 bits per heavy atom. The van der Waals surface area contributed by atoms with E-state index >= 15 is 0 Å². The first-order valence-electron chi connectivity index (χ1n) is 8.37. The summed E-state index contributed by atoms with van der Waals surface area (Å²) in [6.07, 6.45) is 0. The molecule has 1 aliphatic rings. The van der Waals surface area contributed by atoms with Gasteiger partial charge in [0.25, 0.3) is 0 Å². The number of benzene rings is 2. The number of morpholine rings is 1. The topological polar surface area (TPSA) is 36.5 Å². The number of nitrogens with one attached hydrogen (secondary N) is 2. The molecule has 1 atom stereocenters. The highest BCUT2D eigenvalue weighted by molar-refractivity contribution is 7.80. The Morgan fingerprint density at radius 1 is 1.08 bits per heavy atom. The maximum atomic E-state index is 5.89. The molecule has 25 heavy (non-hydrogen) atoms. The first kappa shape index (κ1) is 18.0. The lowest BCUT2D eigenvalue weighted by Crippen LogP contribution is -2.36. The van der Waals surface area contributed by atoms with Crippen molar-refractivity contribution in [2.24, 2.45) is 0 Å². The molecule has 1 heterocycles. The van der Waals surface area contributed by atoms with Gasteiger partial charge in [-0.25, -0.2) is 0 Å². The fraction of sp³-hybridized carbons (Fsp3) is 0.316. The first-order chi connectivity index (χ1) is 12.1. The third kappa shape index (κ3) is 5.08. The van der Waals surface area contributed by atoms with Crippen LogP contribution in [0.1, 0.15) is 18.5 Å². The number of hydrogen-bond acceptors (Lipinski definition) is 3. The van der Waals surface area contributed by atoms with Crippen molar-refractivity contribution in [3.05, 3.63) is 59.1 Å². The van der Waals surface area contributed by atoms with Crippen LogP contribution < -0.4 is 15.5 Å². The summed E-state index contributed by atoms with van der Waals surface area (Å²) in [5.41, 5.74) is 3.34. The van der Waals surface area contributed by atoms with E-state index in [-0.39, 0.29) is 6.04 Å². The molecule has 132 valence electrons. The second-order valence-corrected chi connectivity index (χ2v) is 6.86. The van der Waals surface area contributed by atoms with Gasteiger partial charge in [-0.05, 0) is 61.1 Å². The summed E-state index contributed by atoms with van der Waals surface area (Å²) in [6.45, 7) is 5.58. The van der Waals surface area contributed by atoms with Crippen molar-refractivity contribution in [2.75, 3.05) is 36.5 Å². The average molecular weight is 376 g/mol. The molecule has 0 bridgehead atoms. The molecule has 1 saturated heterocycles. The smallest absolute Gasteiger partial charge is 0.171 e. The minimum atomic E-state index is 0.117. The molecule has 6 heteroatoms. The molecule has 0 amide bonds. The summed E-state index contributed by atoms with van der Waals surface area (Å²) in [4.78, 5) is 2.35. The summed E-state index contributed by atoms with van der Waals surface area (Å²) < 4.78 is 5.40. The molecule has 0 unspecified atom stereocenters. The molecule has 2 N–H and O–H groups in total. The van der Waals surface area contributed by atoms with Crippen molar-refractivity contribution in [3.63, 3.8) is 0 Å². The molecule has 3 rings (SSSR count). The van der Waals surface area contributed by atoms with E-state index in [1.165, 1.54) is 11.3 Å². The normalized spacial score (nSPS) is 15.5. The molecule has 0 saturated carbocycles. The summed E-state index contributed by atoms with van der Waals surface area (Å²) >= 11 is 11.3. The summed E-state index contributed by atoms with van der Waals surface area (Å²) in [7, 11) is 0. The van der Waals surface area contributed by atoms with Crippen molar-refractivity contribution >= 4 is 40.3 Å². The molecule has 4 nitrogen and oxygen atoms in total. The van der Waals surface area contributed by atoms with E-state index in [4.69, 9.17) is 28.6 Å². The van der Waals surface area contributed by atoms with Crippen LogP contribution >= 0.6 is 23.8 Å². The first-order valence-corrected chi connectivity index (χ1v) is 9.16. The number of hydrogen-bond donors (Lipinski definition) is 2. The van der Waals surface area contributed by atoms with Gasteiger partial charge in [0.05, 0.1) is 19.3 Å². The lowest BCUT2D eigenvalue weighted by molar-refractivity contribution is 0.122. The van der Waals surface area contributed by atoms with E-state index in [0.29, 0.717) is 10.1 Å². The quantitative estimate of drug-likeness (QED) is 0.782. The lowest BCUT2D eigenvalue weighted by Gasteiger charge is -2.29. The second-order valence-electron chi connectivity index (χ2n) is 6.02. The minimum Gasteiger partial charge on any atom is -0.378 e. The van der Waals surface area contributed by atoms with E-state index in [0.717, 1.165) is 32.0 Å². The van der Waals surface area contributed by atoms with Crippen LogP contribution in [-0.2, 0) is 4.74 Å². The zero-order valence-electron chi connectivity index (χ0n) is 14.2. The SMILES string of the molecule is C[C@H](NC(=S)Nc1ccc(Cl)cc1)c1ccc(N2CCOCC2)cc1. The molecule has 2 aromatic carbocycles. The second kappa shape index (κ2) is 8.52. The van der Waals surface area contributed by atoms with E-state index < -0.39 is 0 Å². The van der Waals surface area contributed by atoms with Gasteiger partial charge in [0.15, 0.2) is 5.11 Å². The molecule has 0 radical (unpaired) electrons. The molecular weight excluding hydrogens is 354 g/mol. The maximum Gasteiger partial charge on any atom is 0.171 e. The monoisotopic (exact) mass is 375 g/mol. The van der Waals surface area contributed by atoms with Crippen LogP contribution in [0.2, 0.25) is 5.02 Å². The zero-order valence-corrected chi connectivity index (χ0v) is 15.7. The van der Waals surface area contributed by atoms with Crippen molar-refractivity contribution in [3.8, 4) is 0 Å². The van der Waals surface area contributed by atoms with Crippen LogP contribution in [0.4, 0.5) is 11.4 Å². The highest BCUT2D eigenvalue weighted by atomic mass is 35.5. The van der Waals surface area contributed by atoms with Crippen LogP contribution in [0.15, 0.2) is 48.5 Å². The Hall–Kier alpha value is -1.82. The molecule has 1 aliphatic heterocycles. The van der Waals surface area contributed by atoms with Crippen molar-refractivity contribution in [1.82, 2.24) is 5.32 Å². The van der Waals surface area contributed by atoms with Gasteiger partial charge in [-0.15, -0.1) is 0 Å². The molecular formula is C19H22ClN3OS. The maximum absolute atomic E-state index is 5.89. The van der Waals surface area contributed by atoms with Crippen LogP contribution in [0.3, 0.4) is 0 Å². The van der Waals surface area contributed by atoms with Gasteiger partial charge >= 0.3 is 0 Å². The number of ether oxygens (including phenoxy) is 1. The van der Waals surface area contributed by atoms with Crippen LogP contribution in [0.25, 0.3) is 0 Å². The number of nitrogens with zero attached hydrogens (tertiary/aromatic N) is 1. The van der Waals surface area contributed by atoms with Crippen LogP contribution in [-0.4, -0.2) is 31.4 Å². The average Bonchev–Trinajstić information content (AvgIpc) is 2.64. The Balaban J connectivity index is 1.55. The van der Waals surface area contributed by atoms with Crippen molar-refractivity contribution in [2.45, 2.75) is 13.0 Å². The van der Waals surface area contributed by atoms with E-state index in [1.54, 1.807) is 0 Å². The third-order valence-corrected chi connectivity index (χ3v) is 4.69. The molecule has 0 spiro atoms. The highest BCUT2D eigenvalue weighted by Crippen LogP contribution is 2.20. The predicted octanol–water partition coefficient (Wildman–Crippen LogP) is 4.22. The molecule has 0 aromatic heterocycles. The Bertz CT molecular complexity index is 700. The van der Waals surface area contributed by atoms with Gasteiger partial charge in [-0.1, -0.05) is 23.7 Å². The van der Waals surface area contributed by atoms with E-state index in [1.807, 2.05) is 24.3 Å². The number of anilines is 2. The third-order valence-electron chi connectivity index (χ3n) is 4.22. The minimum absolute atomic E-state index is 0.117. The Morgan fingerprint density at radius 3 is 2.36 bits per heavy atom. The fourth-order valence-electron chi connectivity index (χ4n) is 2.78. The summed E-state index contributed by atoms with van der Waals surface area (Å²) in [5.74, 6) is 0. The van der Waals surface area contributed by atoms with Gasteiger partial charge in [0, 0.05) is 29.5 Å². The van der Waals surface area contributed by atoms with Crippen LogP contribution in [0.5, 0.6) is 0 Å². The zero-order chi connectivity index (χ0) is 17.6. The van der Waals surface area contributed by atoms with Gasteiger partial charge in [0.2, 0.25) is 0 Å². The van der Waals surface area contributed by atoms with Gasteiger partial charge in [0.1, 0.15) is 0 Å². The summed E-state index contributed by atoms with van der Waals surface area (Å²) in [6, 6.07) is 16.2. The van der Waals surface area contributed by atoms with Gasteiger partial charge in [-0.2, -0.15) is 0 Å². The van der Waals surface area contributed by atoms with Crippen LogP contribution in [0, 0.1) is 0 Å². The Labute approximate surface area is 159 Å². The van der Waals surface area contributed by atoms with E-state index in [2.05, 4.69) is 46.7 Å². The van der Waals surface area contributed by atoms with Crippen molar-refractivity contribution in [1.29, 1.82) is 0 Å². The van der Waals surface area contributed by atoms with Gasteiger partial charge in [-0.3, -0.25) is 0 Å². The molecule has 2 aromatic rings. The number of halogens is 1.